The normalized spacial score (nSPS) is 11.5. The number of sulfonamides is 1. The largest absolute Gasteiger partial charge is 0.279 e. The molecule has 0 amide bonds. The first-order valence-electron chi connectivity index (χ1n) is 7.22. The molecular formula is C16H14ClFN4O2S. The molecule has 0 aliphatic rings. The van der Waals surface area contributed by atoms with Gasteiger partial charge in [-0.2, -0.15) is 8.42 Å². The van der Waals surface area contributed by atoms with Gasteiger partial charge in [-0.15, -0.1) is 0 Å². The number of rotatable bonds is 4. The van der Waals surface area contributed by atoms with Crippen LogP contribution in [0.5, 0.6) is 0 Å². The maximum absolute atomic E-state index is 13.4. The van der Waals surface area contributed by atoms with Crippen molar-refractivity contribution in [3.05, 3.63) is 65.0 Å². The fourth-order valence-corrected chi connectivity index (χ4v) is 3.71. The minimum Gasteiger partial charge on any atom is -0.278 e. The summed E-state index contributed by atoms with van der Waals surface area (Å²) in [7, 11) is -3.98. The Morgan fingerprint density at radius 3 is 2.64 bits per heavy atom. The van der Waals surface area contributed by atoms with E-state index in [9.17, 15) is 12.8 Å². The van der Waals surface area contributed by atoms with Gasteiger partial charge in [0.05, 0.1) is 11.2 Å². The van der Waals surface area contributed by atoms with Crippen LogP contribution in [0, 0.1) is 19.7 Å². The van der Waals surface area contributed by atoms with E-state index in [1.54, 1.807) is 19.2 Å². The maximum Gasteiger partial charge on any atom is 0.279 e. The van der Waals surface area contributed by atoms with E-state index in [4.69, 9.17) is 11.6 Å². The number of halogens is 2. The highest BCUT2D eigenvalue weighted by Gasteiger charge is 2.22. The molecule has 0 aliphatic carbocycles. The first-order valence-corrected chi connectivity index (χ1v) is 9.08. The second-order valence-electron chi connectivity index (χ2n) is 5.49. The van der Waals surface area contributed by atoms with Gasteiger partial charge in [0.1, 0.15) is 12.1 Å². The van der Waals surface area contributed by atoms with Crippen LogP contribution in [0.1, 0.15) is 11.1 Å². The van der Waals surface area contributed by atoms with E-state index in [1.807, 2.05) is 6.92 Å². The topological polar surface area (TPSA) is 76.9 Å². The number of pyridine rings is 1. The lowest BCUT2D eigenvalue weighted by Crippen LogP contribution is -2.17. The van der Waals surface area contributed by atoms with Crippen LogP contribution in [0.15, 0.2) is 48.0 Å². The summed E-state index contributed by atoms with van der Waals surface area (Å²) in [5.41, 5.74) is 1.42. The van der Waals surface area contributed by atoms with Crippen molar-refractivity contribution < 1.29 is 12.8 Å². The molecule has 3 aromatic rings. The van der Waals surface area contributed by atoms with Crippen molar-refractivity contribution in [3.8, 4) is 5.82 Å². The Balaban J connectivity index is 2.01. The van der Waals surface area contributed by atoms with Gasteiger partial charge in [-0.25, -0.2) is 14.4 Å². The van der Waals surface area contributed by atoms with E-state index in [0.717, 1.165) is 5.56 Å². The van der Waals surface area contributed by atoms with Gasteiger partial charge in [0.15, 0.2) is 10.8 Å². The molecule has 1 aromatic carbocycles. The molecule has 0 saturated carbocycles. The number of nitrogens with one attached hydrogen (secondary N) is 1. The summed E-state index contributed by atoms with van der Waals surface area (Å²) in [5.74, 6) is -0.163. The number of benzene rings is 1. The lowest BCUT2D eigenvalue weighted by atomic mass is 10.2. The van der Waals surface area contributed by atoms with E-state index in [2.05, 4.69) is 14.7 Å². The van der Waals surface area contributed by atoms with Crippen LogP contribution in [0.25, 0.3) is 5.82 Å². The molecule has 0 atom stereocenters. The van der Waals surface area contributed by atoms with Gasteiger partial charge in [0, 0.05) is 11.9 Å². The highest BCUT2D eigenvalue weighted by molar-refractivity contribution is 7.92. The number of nitrogens with zero attached hydrogens (tertiary/aromatic N) is 3. The monoisotopic (exact) mass is 380 g/mol. The molecule has 130 valence electrons. The third-order valence-corrected chi connectivity index (χ3v) is 5.11. The number of hydrogen-bond donors (Lipinski definition) is 1. The van der Waals surface area contributed by atoms with Crippen molar-refractivity contribution in [2.45, 2.75) is 18.9 Å². The van der Waals surface area contributed by atoms with E-state index in [-0.39, 0.29) is 16.5 Å². The van der Waals surface area contributed by atoms with Crippen LogP contribution in [0.3, 0.4) is 0 Å². The average Bonchev–Trinajstić information content (AvgIpc) is 3.01. The fourth-order valence-electron chi connectivity index (χ4n) is 2.26. The van der Waals surface area contributed by atoms with Gasteiger partial charge in [0.25, 0.3) is 10.0 Å². The van der Waals surface area contributed by atoms with Gasteiger partial charge >= 0.3 is 0 Å². The Kier molecular flexibility index (Phi) is 4.49. The molecule has 0 fully saturated rings. The SMILES string of the molecule is Cc1cnc(-n2cncc2S(=O)(=O)Nc2ccc(F)c(C)c2)c(Cl)c1. The molecule has 6 nitrogen and oxygen atoms in total. The van der Waals surface area contributed by atoms with Crippen LogP contribution < -0.4 is 4.72 Å². The smallest absolute Gasteiger partial charge is 0.278 e. The highest BCUT2D eigenvalue weighted by Crippen LogP contribution is 2.24. The zero-order chi connectivity index (χ0) is 18.2. The molecule has 3 rings (SSSR count). The van der Waals surface area contributed by atoms with Crippen LogP contribution in [0.2, 0.25) is 5.02 Å². The van der Waals surface area contributed by atoms with Crippen LogP contribution in [0.4, 0.5) is 10.1 Å². The molecule has 2 heterocycles. The van der Waals surface area contributed by atoms with Gasteiger partial charge in [0.2, 0.25) is 0 Å². The third kappa shape index (κ3) is 3.49. The molecule has 2 aromatic heterocycles. The Morgan fingerprint density at radius 1 is 1.20 bits per heavy atom. The maximum atomic E-state index is 13.4. The van der Waals surface area contributed by atoms with Crippen LogP contribution >= 0.6 is 11.6 Å². The molecule has 25 heavy (non-hydrogen) atoms. The van der Waals surface area contributed by atoms with Crippen molar-refractivity contribution >= 4 is 27.3 Å². The second-order valence-corrected chi connectivity index (χ2v) is 7.53. The first-order chi connectivity index (χ1) is 11.8. The number of imidazole rings is 1. The Morgan fingerprint density at radius 2 is 1.96 bits per heavy atom. The van der Waals surface area contributed by atoms with Gasteiger partial charge < -0.3 is 0 Å². The van der Waals surface area contributed by atoms with Crippen molar-refractivity contribution in [2.75, 3.05) is 4.72 Å². The van der Waals surface area contributed by atoms with Crippen LogP contribution in [-0.4, -0.2) is 23.0 Å². The van der Waals surface area contributed by atoms with E-state index < -0.39 is 15.8 Å². The molecule has 0 unspecified atom stereocenters. The lowest BCUT2D eigenvalue weighted by Gasteiger charge is -2.12. The predicted octanol–water partition coefficient (Wildman–Crippen LogP) is 3.48. The van der Waals surface area contributed by atoms with Crippen LogP contribution in [-0.2, 0) is 10.0 Å². The summed E-state index contributed by atoms with van der Waals surface area (Å²) in [4.78, 5) is 8.06. The van der Waals surface area contributed by atoms with Crippen molar-refractivity contribution in [1.82, 2.24) is 14.5 Å². The summed E-state index contributed by atoms with van der Waals surface area (Å²) in [6, 6.07) is 5.63. The predicted molar refractivity (Wildman–Crippen MR) is 93.1 cm³/mol. The number of aryl methyl sites for hydroxylation is 2. The summed E-state index contributed by atoms with van der Waals surface area (Å²) >= 11 is 6.17. The fraction of sp³-hybridized carbons (Fsp3) is 0.125. The minimum atomic E-state index is -3.98. The number of anilines is 1. The van der Waals surface area contributed by atoms with Gasteiger partial charge in [-0.3, -0.25) is 9.29 Å². The van der Waals surface area contributed by atoms with Crippen molar-refractivity contribution in [3.63, 3.8) is 0 Å². The van der Waals surface area contributed by atoms with E-state index in [1.165, 1.54) is 35.3 Å². The summed E-state index contributed by atoms with van der Waals surface area (Å²) in [6.07, 6.45) is 4.08. The zero-order valence-corrected chi connectivity index (χ0v) is 14.9. The molecular weight excluding hydrogens is 367 g/mol. The van der Waals surface area contributed by atoms with E-state index in [0.29, 0.717) is 10.6 Å². The van der Waals surface area contributed by atoms with Gasteiger partial charge in [-0.1, -0.05) is 11.6 Å². The molecule has 0 bridgehead atoms. The second kappa shape index (κ2) is 6.45. The van der Waals surface area contributed by atoms with Crippen molar-refractivity contribution in [1.29, 1.82) is 0 Å². The lowest BCUT2D eigenvalue weighted by molar-refractivity contribution is 0.594. The summed E-state index contributed by atoms with van der Waals surface area (Å²) < 4.78 is 42.4. The zero-order valence-electron chi connectivity index (χ0n) is 13.4. The molecule has 0 spiro atoms. The molecule has 0 radical (unpaired) electrons. The standard InChI is InChI=1S/C16H14ClFN4O2S/c1-10-5-13(17)16(20-7-10)22-9-19-8-15(22)25(23,24)21-12-3-4-14(18)11(2)6-12/h3-9,21H,1-2H3. The quantitative estimate of drug-likeness (QED) is 0.751. The Labute approximate surface area is 149 Å². The Hall–Kier alpha value is -2.45. The van der Waals surface area contributed by atoms with Crippen molar-refractivity contribution in [2.24, 2.45) is 0 Å². The van der Waals surface area contributed by atoms with E-state index >= 15 is 0 Å². The molecule has 1 N–H and O–H groups in total. The Bertz CT molecular complexity index is 1050. The highest BCUT2D eigenvalue weighted by atomic mass is 35.5. The summed E-state index contributed by atoms with van der Waals surface area (Å²) in [6.45, 7) is 3.38. The number of aromatic nitrogens is 3. The average molecular weight is 381 g/mol. The number of hydrogen-bond acceptors (Lipinski definition) is 4. The summed E-state index contributed by atoms with van der Waals surface area (Å²) in [5, 5.41) is 0.166. The third-order valence-electron chi connectivity index (χ3n) is 3.48. The minimum absolute atomic E-state index is 0.132. The first kappa shape index (κ1) is 17.4. The molecule has 0 aliphatic heterocycles. The van der Waals surface area contributed by atoms with Gasteiger partial charge in [-0.05, 0) is 49.2 Å². The molecule has 0 saturated heterocycles. The molecule has 9 heteroatoms.